The molecule has 0 aromatic carbocycles. The molecule has 0 bridgehead atoms. The Morgan fingerprint density at radius 3 is 2.27 bits per heavy atom. The number of carboxylic acids is 1. The third kappa shape index (κ3) is 6.91. The number of hydrogen-bond donors (Lipinski definition) is 2. The van der Waals surface area contributed by atoms with Gasteiger partial charge < -0.3 is 15.2 Å². The van der Waals surface area contributed by atoms with Crippen molar-refractivity contribution in [3.8, 4) is 0 Å². The summed E-state index contributed by atoms with van der Waals surface area (Å²) in [4.78, 5) is 34.9. The van der Waals surface area contributed by atoms with E-state index in [0.29, 0.717) is 0 Å². The molecule has 0 unspecified atom stereocenters. The Hall–Kier alpha value is -1.59. The van der Waals surface area contributed by atoms with Gasteiger partial charge in [-0.05, 0) is 40.0 Å². The maximum absolute atomic E-state index is 12.1. The zero-order chi connectivity index (χ0) is 16.8. The van der Waals surface area contributed by atoms with Crippen molar-refractivity contribution < 1.29 is 24.2 Å². The van der Waals surface area contributed by atoms with Gasteiger partial charge in [0.25, 0.3) is 0 Å². The minimum atomic E-state index is -1.15. The zero-order valence-corrected chi connectivity index (χ0v) is 13.7. The quantitative estimate of drug-likeness (QED) is 0.786. The van der Waals surface area contributed by atoms with E-state index < -0.39 is 23.7 Å². The van der Waals surface area contributed by atoms with Gasteiger partial charge in [-0.2, -0.15) is 0 Å². The molecule has 1 fully saturated rings. The lowest BCUT2D eigenvalue weighted by Crippen LogP contribution is -2.43. The van der Waals surface area contributed by atoms with Gasteiger partial charge in [0.1, 0.15) is 17.4 Å². The number of Topliss-reactive ketones (excluding diaryl/α,β-unsaturated/α-hetero) is 1. The number of alkyl carbamates (subject to hydrolysis) is 1. The molecular weight excluding hydrogens is 286 g/mol. The maximum atomic E-state index is 12.1. The Morgan fingerprint density at radius 2 is 1.77 bits per heavy atom. The number of aliphatic carboxylic acids is 1. The average Bonchev–Trinajstić information content (AvgIpc) is 2.41. The second-order valence-corrected chi connectivity index (χ2v) is 6.88. The van der Waals surface area contributed by atoms with Crippen molar-refractivity contribution in [1.29, 1.82) is 0 Å². The monoisotopic (exact) mass is 313 g/mol. The number of hydrogen-bond acceptors (Lipinski definition) is 4. The fourth-order valence-electron chi connectivity index (χ4n) is 2.62. The lowest BCUT2D eigenvalue weighted by molar-refractivity contribution is -0.139. The van der Waals surface area contributed by atoms with E-state index in [0.717, 1.165) is 25.7 Å². The lowest BCUT2D eigenvalue weighted by atomic mass is 9.84. The first kappa shape index (κ1) is 18.5. The largest absolute Gasteiger partial charge is 0.480 e. The van der Waals surface area contributed by atoms with Crippen LogP contribution in [0.25, 0.3) is 0 Å². The number of ether oxygens (including phenoxy) is 1. The van der Waals surface area contributed by atoms with Gasteiger partial charge in [0.05, 0.1) is 0 Å². The van der Waals surface area contributed by atoms with Crippen LogP contribution >= 0.6 is 0 Å². The first-order chi connectivity index (χ1) is 10.2. The smallest absolute Gasteiger partial charge is 0.408 e. The molecule has 0 spiro atoms. The first-order valence-electron chi connectivity index (χ1n) is 7.94. The number of carbonyl (C=O) groups excluding carboxylic acids is 2. The molecule has 0 radical (unpaired) electrons. The lowest BCUT2D eigenvalue weighted by Gasteiger charge is -2.23. The summed E-state index contributed by atoms with van der Waals surface area (Å²) in [6, 6.07) is -1.10. The maximum Gasteiger partial charge on any atom is 0.408 e. The summed E-state index contributed by atoms with van der Waals surface area (Å²) in [6.45, 7) is 5.11. The second kappa shape index (κ2) is 8.15. The highest BCUT2D eigenvalue weighted by Crippen LogP contribution is 2.25. The van der Waals surface area contributed by atoms with Gasteiger partial charge in [-0.3, -0.25) is 4.79 Å². The second-order valence-electron chi connectivity index (χ2n) is 6.88. The average molecular weight is 313 g/mol. The third-order valence-corrected chi connectivity index (χ3v) is 3.73. The molecule has 2 N–H and O–H groups in total. The molecule has 1 amide bonds. The molecule has 1 aliphatic rings. The highest BCUT2D eigenvalue weighted by Gasteiger charge is 2.26. The number of carboxylic acid groups (broad SMARTS) is 1. The van der Waals surface area contributed by atoms with Crippen LogP contribution in [0.15, 0.2) is 0 Å². The van der Waals surface area contributed by atoms with Crippen LogP contribution in [-0.2, 0) is 14.3 Å². The first-order valence-corrected chi connectivity index (χ1v) is 7.94. The van der Waals surface area contributed by atoms with Crippen molar-refractivity contribution >= 4 is 17.8 Å². The van der Waals surface area contributed by atoms with E-state index in [1.165, 1.54) is 6.42 Å². The molecule has 6 nitrogen and oxygen atoms in total. The van der Waals surface area contributed by atoms with Gasteiger partial charge in [-0.15, -0.1) is 0 Å². The van der Waals surface area contributed by atoms with Crippen LogP contribution in [0.4, 0.5) is 4.79 Å². The molecule has 6 heteroatoms. The Bertz CT molecular complexity index is 407. The van der Waals surface area contributed by atoms with Gasteiger partial charge in [0.15, 0.2) is 0 Å². The minimum absolute atomic E-state index is 0.0599. The van der Waals surface area contributed by atoms with Crippen molar-refractivity contribution in [3.05, 3.63) is 0 Å². The van der Waals surface area contributed by atoms with Gasteiger partial charge >= 0.3 is 12.1 Å². The van der Waals surface area contributed by atoms with Crippen molar-refractivity contribution in [2.24, 2.45) is 5.92 Å². The van der Waals surface area contributed by atoms with Gasteiger partial charge in [-0.1, -0.05) is 19.3 Å². The predicted octanol–water partition coefficient (Wildman–Crippen LogP) is 2.89. The molecule has 0 aromatic heterocycles. The van der Waals surface area contributed by atoms with E-state index >= 15 is 0 Å². The Balaban J connectivity index is 2.45. The SMILES string of the molecule is CC(C)(C)OC(=O)N[C@H](CCC(=O)C1CCCCC1)C(=O)O. The molecule has 0 heterocycles. The number of ketones is 1. The highest BCUT2D eigenvalue weighted by molar-refractivity contribution is 5.83. The third-order valence-electron chi connectivity index (χ3n) is 3.73. The van der Waals surface area contributed by atoms with E-state index in [1.54, 1.807) is 20.8 Å². The van der Waals surface area contributed by atoms with Crippen LogP contribution < -0.4 is 5.32 Å². The van der Waals surface area contributed by atoms with E-state index in [-0.39, 0.29) is 24.5 Å². The zero-order valence-electron chi connectivity index (χ0n) is 13.7. The van der Waals surface area contributed by atoms with Crippen molar-refractivity contribution in [2.45, 2.75) is 77.4 Å². The summed E-state index contributed by atoms with van der Waals surface area (Å²) in [6.07, 6.45) is 4.60. The van der Waals surface area contributed by atoms with Crippen LogP contribution in [-0.4, -0.2) is 34.6 Å². The number of carbonyl (C=O) groups is 3. The number of nitrogens with one attached hydrogen (secondary N) is 1. The van der Waals surface area contributed by atoms with Crippen LogP contribution in [0.5, 0.6) is 0 Å². The van der Waals surface area contributed by atoms with Crippen LogP contribution in [0, 0.1) is 5.92 Å². The molecule has 1 rings (SSSR count). The summed E-state index contributed by atoms with van der Waals surface area (Å²) in [5.41, 5.74) is -0.689. The van der Waals surface area contributed by atoms with E-state index in [1.807, 2.05) is 0 Å². The minimum Gasteiger partial charge on any atom is -0.480 e. The molecule has 0 aliphatic heterocycles. The molecular formula is C16H27NO5. The summed E-state index contributed by atoms with van der Waals surface area (Å²) >= 11 is 0. The molecule has 1 atom stereocenters. The number of amides is 1. The van der Waals surface area contributed by atoms with E-state index in [2.05, 4.69) is 5.32 Å². The standard InChI is InChI=1S/C16H27NO5/c1-16(2,3)22-15(21)17-12(14(19)20)9-10-13(18)11-7-5-4-6-8-11/h11-12H,4-10H2,1-3H3,(H,17,21)(H,19,20)/t12-/m1/s1. The molecule has 126 valence electrons. The van der Waals surface area contributed by atoms with E-state index in [9.17, 15) is 14.4 Å². The molecule has 1 saturated carbocycles. The molecule has 0 saturated heterocycles. The van der Waals surface area contributed by atoms with Crippen LogP contribution in [0.2, 0.25) is 0 Å². The van der Waals surface area contributed by atoms with Gasteiger partial charge in [0.2, 0.25) is 0 Å². The summed E-state index contributed by atoms with van der Waals surface area (Å²) < 4.78 is 5.04. The summed E-state index contributed by atoms with van der Waals surface area (Å²) in [7, 11) is 0. The van der Waals surface area contributed by atoms with E-state index in [4.69, 9.17) is 9.84 Å². The van der Waals surface area contributed by atoms with Crippen molar-refractivity contribution in [3.63, 3.8) is 0 Å². The Labute approximate surface area is 131 Å². The van der Waals surface area contributed by atoms with Gasteiger partial charge in [-0.25, -0.2) is 9.59 Å². The summed E-state index contributed by atoms with van der Waals surface area (Å²) in [5.74, 6) is -0.982. The Morgan fingerprint density at radius 1 is 1.18 bits per heavy atom. The molecule has 0 aromatic rings. The number of rotatable bonds is 6. The topological polar surface area (TPSA) is 92.7 Å². The fourth-order valence-corrected chi connectivity index (χ4v) is 2.62. The van der Waals surface area contributed by atoms with Crippen molar-refractivity contribution in [2.75, 3.05) is 0 Å². The molecule has 1 aliphatic carbocycles. The molecule has 22 heavy (non-hydrogen) atoms. The van der Waals surface area contributed by atoms with Crippen molar-refractivity contribution in [1.82, 2.24) is 5.32 Å². The normalized spacial score (nSPS) is 17.6. The highest BCUT2D eigenvalue weighted by atomic mass is 16.6. The summed E-state index contributed by atoms with van der Waals surface area (Å²) in [5, 5.41) is 11.5. The Kier molecular flexibility index (Phi) is 6.84. The van der Waals surface area contributed by atoms with Gasteiger partial charge in [0, 0.05) is 12.3 Å². The van der Waals surface area contributed by atoms with Crippen LogP contribution in [0.3, 0.4) is 0 Å². The predicted molar refractivity (Wildman–Crippen MR) is 81.6 cm³/mol. The fraction of sp³-hybridized carbons (Fsp3) is 0.812. The van der Waals surface area contributed by atoms with Crippen LogP contribution in [0.1, 0.15) is 65.7 Å².